The molecule has 0 radical (unpaired) electrons. The molecule has 7 heteroatoms. The molecule has 0 bridgehead atoms. The van der Waals surface area contributed by atoms with Crippen molar-refractivity contribution in [2.24, 2.45) is 12.8 Å². The van der Waals surface area contributed by atoms with Crippen LogP contribution in [0, 0.1) is 0 Å². The summed E-state index contributed by atoms with van der Waals surface area (Å²) in [7, 11) is 1.56. The topological polar surface area (TPSA) is 64.1 Å². The fourth-order valence-corrected chi connectivity index (χ4v) is 1.33. The first-order chi connectivity index (χ1) is 7.18. The predicted octanol–water partition coefficient (Wildman–Crippen LogP) is 0.603. The summed E-state index contributed by atoms with van der Waals surface area (Å²) in [6.45, 7) is 1.12. The van der Waals surface area contributed by atoms with Crippen LogP contribution in [-0.2, 0) is 13.5 Å². The van der Waals surface area contributed by atoms with Crippen LogP contribution in [0.1, 0.15) is 12.7 Å². The summed E-state index contributed by atoms with van der Waals surface area (Å²) in [6, 6.07) is -1.43. The van der Waals surface area contributed by atoms with Gasteiger partial charge in [-0.05, 0) is 6.92 Å². The van der Waals surface area contributed by atoms with Crippen molar-refractivity contribution in [2.45, 2.75) is 31.2 Å². The second kappa shape index (κ2) is 4.06. The lowest BCUT2D eigenvalue weighted by molar-refractivity contribution is -0.266. The Kier molecular flexibility index (Phi) is 3.30. The average Bonchev–Trinajstić information content (AvgIpc) is 2.49. The van der Waals surface area contributed by atoms with E-state index in [1.54, 1.807) is 7.05 Å². The monoisotopic (exact) mass is 237 g/mol. The predicted molar refractivity (Wildman–Crippen MR) is 51.6 cm³/mol. The van der Waals surface area contributed by atoms with E-state index in [9.17, 15) is 18.3 Å². The lowest BCUT2D eigenvalue weighted by atomic mass is 9.91. The minimum atomic E-state index is -4.78. The Hall–Kier alpha value is -1.08. The van der Waals surface area contributed by atoms with Crippen molar-refractivity contribution in [3.63, 3.8) is 0 Å². The van der Waals surface area contributed by atoms with Crippen LogP contribution < -0.4 is 5.73 Å². The van der Waals surface area contributed by atoms with E-state index in [0.29, 0.717) is 0 Å². The van der Waals surface area contributed by atoms with Crippen LogP contribution in [-0.4, -0.2) is 32.5 Å². The Labute approximate surface area is 90.9 Å². The second-order valence-electron chi connectivity index (χ2n) is 3.84. The summed E-state index contributed by atoms with van der Waals surface area (Å²) in [5, 5.41) is 9.62. The molecule has 92 valence electrons. The van der Waals surface area contributed by atoms with E-state index in [2.05, 4.69) is 4.98 Å². The summed E-state index contributed by atoms with van der Waals surface area (Å²) in [5.74, 6) is 0.136. The van der Waals surface area contributed by atoms with Gasteiger partial charge >= 0.3 is 6.18 Å². The average molecular weight is 237 g/mol. The molecule has 0 aliphatic rings. The van der Waals surface area contributed by atoms with E-state index in [4.69, 9.17) is 5.73 Å². The number of nitrogens with zero attached hydrogens (tertiary/aromatic N) is 2. The van der Waals surface area contributed by atoms with Crippen LogP contribution in [0.5, 0.6) is 0 Å². The molecular formula is C9H14F3N3O. The van der Waals surface area contributed by atoms with Gasteiger partial charge in [-0.25, -0.2) is 4.98 Å². The van der Waals surface area contributed by atoms with Crippen LogP contribution in [0.3, 0.4) is 0 Å². The highest BCUT2D eigenvalue weighted by atomic mass is 19.4. The van der Waals surface area contributed by atoms with Gasteiger partial charge in [0, 0.05) is 31.9 Å². The van der Waals surface area contributed by atoms with Gasteiger partial charge in [0.2, 0.25) is 0 Å². The van der Waals surface area contributed by atoms with Crippen molar-refractivity contribution in [2.75, 3.05) is 0 Å². The maximum absolute atomic E-state index is 12.7. The molecule has 1 heterocycles. The van der Waals surface area contributed by atoms with Gasteiger partial charge < -0.3 is 15.4 Å². The summed E-state index contributed by atoms with van der Waals surface area (Å²) >= 11 is 0. The number of imidazole rings is 1. The number of rotatable bonds is 3. The Morgan fingerprint density at radius 3 is 2.44 bits per heavy atom. The third-order valence-electron chi connectivity index (χ3n) is 2.59. The molecule has 0 fully saturated rings. The highest BCUT2D eigenvalue weighted by Gasteiger charge is 2.56. The second-order valence-corrected chi connectivity index (χ2v) is 3.84. The molecule has 0 aliphatic carbocycles. The number of aromatic nitrogens is 2. The molecule has 1 aromatic rings. The summed E-state index contributed by atoms with van der Waals surface area (Å²) in [4.78, 5) is 3.74. The third-order valence-corrected chi connectivity index (χ3v) is 2.59. The summed E-state index contributed by atoms with van der Waals surface area (Å²) in [6.07, 6.45) is -2.56. The van der Waals surface area contributed by atoms with Crippen LogP contribution >= 0.6 is 0 Å². The molecule has 0 saturated heterocycles. The van der Waals surface area contributed by atoms with Gasteiger partial charge in [0.15, 0.2) is 5.60 Å². The Bertz CT molecular complexity index is 361. The smallest absolute Gasteiger partial charge is 0.379 e. The fraction of sp³-hybridized carbons (Fsp3) is 0.667. The zero-order chi connectivity index (χ0) is 12.6. The molecule has 4 nitrogen and oxygen atoms in total. The highest BCUT2D eigenvalue weighted by Crippen LogP contribution is 2.34. The lowest BCUT2D eigenvalue weighted by Crippen LogP contribution is -2.58. The number of nitrogens with two attached hydrogens (primary N) is 1. The van der Waals surface area contributed by atoms with Crippen molar-refractivity contribution in [1.29, 1.82) is 0 Å². The molecule has 16 heavy (non-hydrogen) atoms. The Morgan fingerprint density at radius 2 is 2.12 bits per heavy atom. The summed E-state index contributed by atoms with van der Waals surface area (Å²) in [5.41, 5.74) is 2.26. The molecule has 1 rings (SSSR count). The van der Waals surface area contributed by atoms with Gasteiger partial charge in [-0.15, -0.1) is 0 Å². The van der Waals surface area contributed by atoms with Crippen LogP contribution in [0.4, 0.5) is 13.2 Å². The van der Waals surface area contributed by atoms with Crippen molar-refractivity contribution in [3.05, 3.63) is 18.2 Å². The van der Waals surface area contributed by atoms with Gasteiger partial charge in [-0.2, -0.15) is 13.2 Å². The molecule has 0 aliphatic heterocycles. The Morgan fingerprint density at radius 1 is 1.56 bits per heavy atom. The standard InChI is InChI=1S/C9H14F3N3O/c1-6(13)8(16,9(10,11)12)5-7-14-3-4-15(7)2/h3-4,6,16H,5,13H2,1-2H3. The van der Waals surface area contributed by atoms with Crippen molar-refractivity contribution >= 4 is 0 Å². The molecule has 2 atom stereocenters. The van der Waals surface area contributed by atoms with E-state index < -0.39 is 24.2 Å². The first-order valence-electron chi connectivity index (χ1n) is 4.69. The molecule has 3 N–H and O–H groups in total. The first-order valence-corrected chi connectivity index (χ1v) is 4.69. The zero-order valence-corrected chi connectivity index (χ0v) is 8.99. The molecule has 1 aromatic heterocycles. The van der Waals surface area contributed by atoms with E-state index in [1.807, 2.05) is 0 Å². The summed E-state index contributed by atoms with van der Waals surface area (Å²) < 4.78 is 39.6. The molecule has 0 saturated carbocycles. The number of hydrogen-bond acceptors (Lipinski definition) is 3. The van der Waals surface area contributed by atoms with Crippen molar-refractivity contribution in [3.8, 4) is 0 Å². The van der Waals surface area contributed by atoms with E-state index in [1.165, 1.54) is 17.0 Å². The van der Waals surface area contributed by atoms with Crippen molar-refractivity contribution in [1.82, 2.24) is 9.55 Å². The normalized spacial score (nSPS) is 18.2. The Balaban J connectivity index is 3.02. The highest BCUT2D eigenvalue weighted by molar-refractivity contribution is 5.04. The van der Waals surface area contributed by atoms with Gasteiger partial charge in [0.25, 0.3) is 0 Å². The van der Waals surface area contributed by atoms with E-state index in [-0.39, 0.29) is 5.82 Å². The molecule has 0 aromatic carbocycles. The quantitative estimate of drug-likeness (QED) is 0.809. The van der Waals surface area contributed by atoms with Gasteiger partial charge in [-0.3, -0.25) is 0 Å². The van der Waals surface area contributed by atoms with Gasteiger partial charge in [0.1, 0.15) is 5.82 Å². The van der Waals surface area contributed by atoms with E-state index in [0.717, 1.165) is 6.92 Å². The number of aliphatic hydroxyl groups is 1. The van der Waals surface area contributed by atoms with Gasteiger partial charge in [0.05, 0.1) is 0 Å². The fourth-order valence-electron chi connectivity index (χ4n) is 1.33. The largest absolute Gasteiger partial charge is 0.419 e. The molecule has 0 spiro atoms. The minimum absolute atomic E-state index is 0.136. The number of aryl methyl sites for hydroxylation is 1. The maximum Gasteiger partial charge on any atom is 0.419 e. The maximum atomic E-state index is 12.7. The third kappa shape index (κ3) is 2.19. The van der Waals surface area contributed by atoms with Crippen molar-refractivity contribution < 1.29 is 18.3 Å². The zero-order valence-electron chi connectivity index (χ0n) is 8.99. The van der Waals surface area contributed by atoms with Crippen LogP contribution in [0.25, 0.3) is 0 Å². The number of halogens is 3. The number of hydrogen-bond donors (Lipinski definition) is 2. The first kappa shape index (κ1) is 13.0. The van der Waals surface area contributed by atoms with Crippen LogP contribution in [0.15, 0.2) is 12.4 Å². The van der Waals surface area contributed by atoms with Crippen LogP contribution in [0.2, 0.25) is 0 Å². The lowest BCUT2D eigenvalue weighted by Gasteiger charge is -2.33. The molecule has 2 unspecified atom stereocenters. The van der Waals surface area contributed by atoms with E-state index >= 15 is 0 Å². The van der Waals surface area contributed by atoms with Gasteiger partial charge in [-0.1, -0.05) is 0 Å². The number of alkyl halides is 3. The molecule has 0 amide bonds. The molecular weight excluding hydrogens is 223 g/mol. The SMILES string of the molecule is CC(N)C(O)(Cc1nccn1C)C(F)(F)F. The minimum Gasteiger partial charge on any atom is -0.379 e.